The summed E-state index contributed by atoms with van der Waals surface area (Å²) in [5, 5.41) is 3.25. The SMILES string of the molecule is C=C(C(c1ccccc1)P(=O)(c1ccccc1)c1ccccc1)P(=O)(c1ccccc1)c1ccccc1. The highest BCUT2D eigenvalue weighted by Gasteiger charge is 2.46. The molecular weight excluding hydrogens is 490 g/mol. The molecule has 0 radical (unpaired) electrons. The summed E-state index contributed by atoms with van der Waals surface area (Å²) in [6, 6.07) is 47.8. The highest BCUT2D eigenvalue weighted by Crippen LogP contribution is 2.68. The third kappa shape index (κ3) is 4.60. The lowest BCUT2D eigenvalue weighted by molar-refractivity contribution is 0.579. The van der Waals surface area contributed by atoms with E-state index in [2.05, 4.69) is 6.58 Å². The maximum absolute atomic E-state index is 15.7. The monoisotopic (exact) mass is 518 g/mol. The summed E-state index contributed by atoms with van der Waals surface area (Å²) in [4.78, 5) is 0. The Labute approximate surface area is 219 Å². The van der Waals surface area contributed by atoms with Gasteiger partial charge in [0.2, 0.25) is 0 Å². The Morgan fingerprint density at radius 2 is 0.757 bits per heavy atom. The Morgan fingerprint density at radius 1 is 0.459 bits per heavy atom. The normalized spacial score (nSPS) is 12.5. The molecular formula is C33H28O2P2. The molecule has 0 N–H and O–H groups in total. The van der Waals surface area contributed by atoms with Crippen LogP contribution in [0.2, 0.25) is 0 Å². The lowest BCUT2D eigenvalue weighted by Crippen LogP contribution is -2.26. The molecule has 4 heteroatoms. The summed E-state index contributed by atoms with van der Waals surface area (Å²) < 4.78 is 31.1. The molecule has 0 aromatic heterocycles. The largest absolute Gasteiger partial charge is 0.313 e. The van der Waals surface area contributed by atoms with Crippen LogP contribution < -0.4 is 21.2 Å². The van der Waals surface area contributed by atoms with Gasteiger partial charge in [-0.25, -0.2) is 0 Å². The van der Waals surface area contributed by atoms with E-state index in [4.69, 9.17) is 0 Å². The van der Waals surface area contributed by atoms with Gasteiger partial charge in [0.15, 0.2) is 14.3 Å². The summed E-state index contributed by atoms with van der Waals surface area (Å²) in [6.07, 6.45) is 0. The fourth-order valence-corrected chi connectivity index (χ4v) is 11.7. The molecule has 37 heavy (non-hydrogen) atoms. The molecule has 5 aromatic rings. The van der Waals surface area contributed by atoms with E-state index in [0.717, 1.165) is 5.56 Å². The third-order valence-electron chi connectivity index (χ3n) is 6.72. The van der Waals surface area contributed by atoms with Crippen LogP contribution in [0.15, 0.2) is 164 Å². The minimum Gasteiger partial charge on any atom is -0.313 e. The summed E-state index contributed by atoms with van der Waals surface area (Å²) in [5.74, 6) is 0. The van der Waals surface area contributed by atoms with E-state index in [1.165, 1.54) is 0 Å². The van der Waals surface area contributed by atoms with Gasteiger partial charge in [-0.05, 0) is 5.56 Å². The van der Waals surface area contributed by atoms with Gasteiger partial charge in [-0.2, -0.15) is 0 Å². The molecule has 5 rings (SSSR count). The van der Waals surface area contributed by atoms with Crippen LogP contribution in [-0.2, 0) is 9.13 Å². The molecule has 5 aromatic carbocycles. The minimum absolute atomic E-state index is 0.465. The Morgan fingerprint density at radius 3 is 1.11 bits per heavy atom. The van der Waals surface area contributed by atoms with E-state index in [1.807, 2.05) is 152 Å². The van der Waals surface area contributed by atoms with Crippen molar-refractivity contribution in [3.8, 4) is 0 Å². The Balaban J connectivity index is 1.84. The first kappa shape index (κ1) is 25.0. The van der Waals surface area contributed by atoms with Crippen molar-refractivity contribution in [3.63, 3.8) is 0 Å². The first-order valence-electron chi connectivity index (χ1n) is 12.2. The number of hydrogen-bond donors (Lipinski definition) is 0. The van der Waals surface area contributed by atoms with Gasteiger partial charge in [-0.3, -0.25) is 0 Å². The van der Waals surface area contributed by atoms with Gasteiger partial charge in [-0.15, -0.1) is 0 Å². The molecule has 0 amide bonds. The zero-order valence-corrected chi connectivity index (χ0v) is 22.2. The number of rotatable bonds is 8. The molecule has 0 fully saturated rings. The molecule has 2 nitrogen and oxygen atoms in total. The highest BCUT2D eigenvalue weighted by atomic mass is 31.2. The predicted molar refractivity (Wildman–Crippen MR) is 158 cm³/mol. The van der Waals surface area contributed by atoms with E-state index >= 15 is 9.13 Å². The van der Waals surface area contributed by atoms with Crippen molar-refractivity contribution in [3.05, 3.63) is 169 Å². The zero-order chi connectivity index (χ0) is 25.7. The van der Waals surface area contributed by atoms with Crippen LogP contribution in [-0.4, -0.2) is 0 Å². The second kappa shape index (κ2) is 10.7. The molecule has 0 heterocycles. The van der Waals surface area contributed by atoms with Crippen molar-refractivity contribution < 1.29 is 9.13 Å². The van der Waals surface area contributed by atoms with Crippen LogP contribution in [0.4, 0.5) is 0 Å². The first-order chi connectivity index (χ1) is 18.1. The summed E-state index contributed by atoms with van der Waals surface area (Å²) in [5.41, 5.74) is 0.125. The number of benzene rings is 5. The van der Waals surface area contributed by atoms with Crippen LogP contribution in [0.3, 0.4) is 0 Å². The molecule has 0 aliphatic rings. The smallest absolute Gasteiger partial charge is 0.167 e. The van der Waals surface area contributed by atoms with Gasteiger partial charge in [0.25, 0.3) is 0 Å². The zero-order valence-electron chi connectivity index (χ0n) is 20.4. The Kier molecular flexibility index (Phi) is 7.24. The van der Waals surface area contributed by atoms with Crippen LogP contribution in [0.1, 0.15) is 11.2 Å². The van der Waals surface area contributed by atoms with Crippen LogP contribution in [0.5, 0.6) is 0 Å². The third-order valence-corrected chi connectivity index (χ3v) is 13.5. The lowest BCUT2D eigenvalue weighted by atomic mass is 10.1. The average Bonchev–Trinajstić information content (AvgIpc) is 2.99. The van der Waals surface area contributed by atoms with Crippen molar-refractivity contribution in [2.24, 2.45) is 0 Å². The average molecular weight is 519 g/mol. The Hall–Kier alpha value is -3.70. The van der Waals surface area contributed by atoms with Crippen LogP contribution in [0.25, 0.3) is 0 Å². The van der Waals surface area contributed by atoms with Crippen molar-refractivity contribution in [2.45, 2.75) is 5.66 Å². The molecule has 0 aliphatic carbocycles. The Bertz CT molecular complexity index is 1480. The quantitative estimate of drug-likeness (QED) is 0.203. The summed E-state index contributed by atoms with van der Waals surface area (Å²) in [7, 11) is -6.86. The maximum atomic E-state index is 15.7. The first-order valence-corrected chi connectivity index (χ1v) is 15.7. The molecule has 1 unspecified atom stereocenters. The van der Waals surface area contributed by atoms with Crippen molar-refractivity contribution >= 4 is 35.5 Å². The predicted octanol–water partition coefficient (Wildman–Crippen LogP) is 7.27. The van der Waals surface area contributed by atoms with E-state index < -0.39 is 19.9 Å². The van der Waals surface area contributed by atoms with Gasteiger partial charge >= 0.3 is 0 Å². The molecule has 182 valence electrons. The highest BCUT2D eigenvalue weighted by molar-refractivity contribution is 7.85. The van der Waals surface area contributed by atoms with Crippen LogP contribution >= 0.6 is 14.3 Å². The molecule has 0 saturated carbocycles. The van der Waals surface area contributed by atoms with E-state index in [1.54, 1.807) is 0 Å². The van der Waals surface area contributed by atoms with Gasteiger partial charge in [0.1, 0.15) is 0 Å². The van der Waals surface area contributed by atoms with Gasteiger partial charge < -0.3 is 9.13 Å². The van der Waals surface area contributed by atoms with Crippen LogP contribution in [0, 0.1) is 0 Å². The van der Waals surface area contributed by atoms with Gasteiger partial charge in [0, 0.05) is 26.5 Å². The molecule has 0 bridgehead atoms. The molecule has 1 atom stereocenters. The maximum Gasteiger partial charge on any atom is 0.167 e. The molecule has 0 spiro atoms. The fourth-order valence-electron chi connectivity index (χ4n) is 4.92. The lowest BCUT2D eigenvalue weighted by Gasteiger charge is -2.34. The second-order valence-corrected chi connectivity index (χ2v) is 14.6. The van der Waals surface area contributed by atoms with Gasteiger partial charge in [0.05, 0.1) is 5.66 Å². The van der Waals surface area contributed by atoms with Crippen molar-refractivity contribution in [2.75, 3.05) is 0 Å². The standard InChI is InChI=1S/C33H28O2P2/c1-27(36(34,29-19-9-3-10-20-29)30-21-11-4-12-22-30)33(28-17-7-2-8-18-28)37(35,31-23-13-5-14-24-31)32-25-15-6-16-26-32/h2-26,33H,1H2. The fraction of sp³-hybridized carbons (Fsp3) is 0.0303. The number of hydrogen-bond acceptors (Lipinski definition) is 2. The van der Waals surface area contributed by atoms with E-state index in [-0.39, 0.29) is 0 Å². The van der Waals surface area contributed by atoms with Crippen molar-refractivity contribution in [1.29, 1.82) is 0 Å². The summed E-state index contributed by atoms with van der Waals surface area (Å²) in [6.45, 7) is 4.54. The van der Waals surface area contributed by atoms with Crippen molar-refractivity contribution in [1.82, 2.24) is 0 Å². The van der Waals surface area contributed by atoms with E-state index in [9.17, 15) is 0 Å². The van der Waals surface area contributed by atoms with Gasteiger partial charge in [-0.1, -0.05) is 158 Å². The molecule has 0 saturated heterocycles. The molecule has 0 aliphatic heterocycles. The summed E-state index contributed by atoms with van der Waals surface area (Å²) >= 11 is 0. The van der Waals surface area contributed by atoms with E-state index in [0.29, 0.717) is 26.5 Å². The number of allylic oxidation sites excluding steroid dienone is 1. The second-order valence-electron chi connectivity index (χ2n) is 8.91. The minimum atomic E-state index is -3.44. The topological polar surface area (TPSA) is 34.1 Å².